The quantitative estimate of drug-likeness (QED) is 0.740. The maximum Gasteiger partial charge on any atom is 0.147 e. The maximum absolute atomic E-state index is 11.2. The molecule has 0 aliphatic heterocycles. The van der Waals surface area contributed by atoms with Gasteiger partial charge >= 0.3 is 0 Å². The predicted octanol–water partition coefficient (Wildman–Crippen LogP) is 2.62. The third-order valence-electron chi connectivity index (χ3n) is 3.94. The highest BCUT2D eigenvalue weighted by Crippen LogP contribution is 2.41. The highest BCUT2D eigenvalue weighted by molar-refractivity contribution is 7.90. The van der Waals surface area contributed by atoms with Crippen LogP contribution in [-0.2, 0) is 9.84 Å². The largest absolute Gasteiger partial charge is 0.316 e. The molecule has 3 nitrogen and oxygen atoms in total. The Balaban J connectivity index is 2.38. The lowest BCUT2D eigenvalue weighted by Gasteiger charge is -2.30. The number of sulfone groups is 1. The fourth-order valence-corrected chi connectivity index (χ4v) is 3.64. The molecule has 0 atom stereocenters. The predicted molar refractivity (Wildman–Crippen MR) is 77.6 cm³/mol. The van der Waals surface area contributed by atoms with Crippen LogP contribution in [0.4, 0.5) is 0 Å². The van der Waals surface area contributed by atoms with Gasteiger partial charge in [-0.2, -0.15) is 0 Å². The fourth-order valence-electron chi connectivity index (χ4n) is 2.98. The topological polar surface area (TPSA) is 46.2 Å². The third-order valence-corrected chi connectivity index (χ3v) is 4.97. The molecule has 0 aromatic rings. The van der Waals surface area contributed by atoms with E-state index in [0.717, 1.165) is 25.9 Å². The van der Waals surface area contributed by atoms with Gasteiger partial charge in [0.25, 0.3) is 0 Å². The first-order valence-electron chi connectivity index (χ1n) is 7.21. The van der Waals surface area contributed by atoms with Crippen LogP contribution < -0.4 is 5.32 Å². The van der Waals surface area contributed by atoms with Gasteiger partial charge in [0.1, 0.15) is 9.84 Å². The van der Waals surface area contributed by atoms with Gasteiger partial charge in [-0.25, -0.2) is 8.42 Å². The minimum atomic E-state index is -2.80. The molecule has 1 N–H and O–H groups in total. The molecule has 1 aliphatic carbocycles. The SMILES string of the molecule is CC(C)CNCC1(CCCS(C)(=O)=O)CCCC1. The molecule has 1 aliphatic rings. The van der Waals surface area contributed by atoms with Gasteiger partial charge in [-0.3, -0.25) is 0 Å². The van der Waals surface area contributed by atoms with Crippen molar-refractivity contribution < 1.29 is 8.42 Å². The first-order valence-corrected chi connectivity index (χ1v) is 9.28. The highest BCUT2D eigenvalue weighted by atomic mass is 32.2. The Morgan fingerprint density at radius 1 is 1.22 bits per heavy atom. The summed E-state index contributed by atoms with van der Waals surface area (Å²) < 4.78 is 22.4. The molecule has 0 saturated heterocycles. The average Bonchev–Trinajstić information content (AvgIpc) is 2.64. The van der Waals surface area contributed by atoms with Crippen molar-refractivity contribution >= 4 is 9.84 Å². The molecule has 0 heterocycles. The van der Waals surface area contributed by atoms with E-state index >= 15 is 0 Å². The van der Waals surface area contributed by atoms with E-state index in [1.807, 2.05) is 0 Å². The summed E-state index contributed by atoms with van der Waals surface area (Å²) in [6, 6.07) is 0. The van der Waals surface area contributed by atoms with Gasteiger partial charge in [-0.05, 0) is 43.6 Å². The Kier molecular flexibility index (Phi) is 6.12. The van der Waals surface area contributed by atoms with Crippen LogP contribution in [-0.4, -0.2) is 33.5 Å². The van der Waals surface area contributed by atoms with Gasteiger partial charge in [0.15, 0.2) is 0 Å². The second kappa shape index (κ2) is 6.90. The Morgan fingerprint density at radius 2 is 1.83 bits per heavy atom. The number of hydrogen-bond donors (Lipinski definition) is 1. The lowest BCUT2D eigenvalue weighted by atomic mass is 9.81. The summed E-state index contributed by atoms with van der Waals surface area (Å²) >= 11 is 0. The molecule has 0 unspecified atom stereocenters. The van der Waals surface area contributed by atoms with E-state index in [4.69, 9.17) is 0 Å². The van der Waals surface area contributed by atoms with E-state index in [9.17, 15) is 8.42 Å². The van der Waals surface area contributed by atoms with Crippen molar-refractivity contribution in [2.45, 2.75) is 52.4 Å². The Morgan fingerprint density at radius 3 is 2.33 bits per heavy atom. The Bertz CT molecular complexity index is 330. The minimum Gasteiger partial charge on any atom is -0.316 e. The summed E-state index contributed by atoms with van der Waals surface area (Å²) in [5, 5.41) is 3.57. The highest BCUT2D eigenvalue weighted by Gasteiger charge is 2.33. The lowest BCUT2D eigenvalue weighted by molar-refractivity contribution is 0.251. The lowest BCUT2D eigenvalue weighted by Crippen LogP contribution is -2.34. The van der Waals surface area contributed by atoms with E-state index in [1.165, 1.54) is 31.9 Å². The van der Waals surface area contributed by atoms with E-state index in [-0.39, 0.29) is 0 Å². The van der Waals surface area contributed by atoms with Crippen LogP contribution in [0.15, 0.2) is 0 Å². The van der Waals surface area contributed by atoms with Gasteiger partial charge in [0.05, 0.1) is 0 Å². The summed E-state index contributed by atoms with van der Waals surface area (Å²) in [6.45, 7) is 6.57. The van der Waals surface area contributed by atoms with E-state index in [1.54, 1.807) is 0 Å². The zero-order valence-electron chi connectivity index (χ0n) is 12.2. The molecule has 0 radical (unpaired) electrons. The molecule has 0 spiro atoms. The van der Waals surface area contributed by atoms with Gasteiger partial charge in [-0.15, -0.1) is 0 Å². The van der Waals surface area contributed by atoms with Crippen molar-refractivity contribution in [3.05, 3.63) is 0 Å². The first kappa shape index (κ1) is 16.0. The minimum absolute atomic E-state index is 0.346. The molecule has 4 heteroatoms. The van der Waals surface area contributed by atoms with Crippen LogP contribution in [0.3, 0.4) is 0 Å². The summed E-state index contributed by atoms with van der Waals surface area (Å²) in [5.74, 6) is 1.03. The number of nitrogens with one attached hydrogen (secondary N) is 1. The first-order chi connectivity index (χ1) is 8.33. The zero-order chi connectivity index (χ0) is 13.6. The zero-order valence-corrected chi connectivity index (χ0v) is 13.0. The van der Waals surface area contributed by atoms with Crippen molar-refractivity contribution in [3.63, 3.8) is 0 Å². The van der Waals surface area contributed by atoms with E-state index in [2.05, 4.69) is 19.2 Å². The molecule has 1 saturated carbocycles. The van der Waals surface area contributed by atoms with Crippen LogP contribution in [0.1, 0.15) is 52.4 Å². The van der Waals surface area contributed by atoms with Crippen molar-refractivity contribution in [2.24, 2.45) is 11.3 Å². The standard InChI is InChI=1S/C14H29NO2S/c1-13(2)11-15-12-14(7-4-5-8-14)9-6-10-18(3,16)17/h13,15H,4-12H2,1-3H3. The van der Waals surface area contributed by atoms with Gasteiger partial charge < -0.3 is 5.32 Å². The second-order valence-electron chi connectivity index (χ2n) is 6.47. The molecule has 0 aromatic carbocycles. The van der Waals surface area contributed by atoms with Crippen LogP contribution in [0, 0.1) is 11.3 Å². The molecule has 1 rings (SSSR count). The second-order valence-corrected chi connectivity index (χ2v) is 8.73. The van der Waals surface area contributed by atoms with Gasteiger partial charge in [-0.1, -0.05) is 26.7 Å². The Labute approximate surface area is 113 Å². The fraction of sp³-hybridized carbons (Fsp3) is 1.00. The molecule has 18 heavy (non-hydrogen) atoms. The third kappa shape index (κ3) is 6.19. The maximum atomic E-state index is 11.2. The van der Waals surface area contributed by atoms with Crippen molar-refractivity contribution in [2.75, 3.05) is 25.1 Å². The smallest absolute Gasteiger partial charge is 0.147 e. The van der Waals surface area contributed by atoms with Crippen molar-refractivity contribution in [1.82, 2.24) is 5.32 Å². The Hall–Kier alpha value is -0.0900. The number of rotatable bonds is 8. The van der Waals surface area contributed by atoms with Crippen LogP contribution >= 0.6 is 0 Å². The summed E-state index contributed by atoms with van der Waals surface area (Å²) in [4.78, 5) is 0. The molecule has 108 valence electrons. The number of hydrogen-bond acceptors (Lipinski definition) is 3. The van der Waals surface area contributed by atoms with Crippen LogP contribution in [0.5, 0.6) is 0 Å². The van der Waals surface area contributed by atoms with Crippen LogP contribution in [0.25, 0.3) is 0 Å². The van der Waals surface area contributed by atoms with Crippen LogP contribution in [0.2, 0.25) is 0 Å². The summed E-state index contributed by atoms with van der Waals surface area (Å²) in [7, 11) is -2.80. The molecular formula is C14H29NO2S. The van der Waals surface area contributed by atoms with Gasteiger partial charge in [0, 0.05) is 18.6 Å². The molecule has 0 amide bonds. The van der Waals surface area contributed by atoms with E-state index < -0.39 is 9.84 Å². The average molecular weight is 275 g/mol. The molecule has 0 bridgehead atoms. The monoisotopic (exact) mass is 275 g/mol. The van der Waals surface area contributed by atoms with Crippen molar-refractivity contribution in [3.8, 4) is 0 Å². The summed E-state index contributed by atoms with van der Waals surface area (Å²) in [5.41, 5.74) is 0.375. The van der Waals surface area contributed by atoms with E-state index in [0.29, 0.717) is 17.1 Å². The molecule has 0 aromatic heterocycles. The molecule has 1 fully saturated rings. The molecular weight excluding hydrogens is 246 g/mol. The normalized spacial score (nSPS) is 19.6. The van der Waals surface area contributed by atoms with Crippen molar-refractivity contribution in [1.29, 1.82) is 0 Å². The summed E-state index contributed by atoms with van der Waals surface area (Å²) in [6.07, 6.45) is 8.37. The van der Waals surface area contributed by atoms with Gasteiger partial charge in [0.2, 0.25) is 0 Å².